The topological polar surface area (TPSA) is 122 Å². The zero-order chi connectivity index (χ0) is 22.0. The number of aryl methyl sites for hydroxylation is 1. The maximum atomic E-state index is 12.5. The summed E-state index contributed by atoms with van der Waals surface area (Å²) < 4.78 is 32.6. The Bertz CT molecular complexity index is 1440. The van der Waals surface area contributed by atoms with Gasteiger partial charge in [0.25, 0.3) is 10.0 Å². The molecule has 0 aliphatic carbocycles. The Morgan fingerprint density at radius 2 is 1.87 bits per heavy atom. The highest BCUT2D eigenvalue weighted by atomic mass is 32.2. The third-order valence-corrected chi connectivity index (χ3v) is 5.90. The highest BCUT2D eigenvalue weighted by Gasteiger charge is 2.15. The average Bonchev–Trinajstić information content (AvgIpc) is 2.73. The van der Waals surface area contributed by atoms with Crippen LogP contribution in [0, 0.1) is 6.92 Å². The summed E-state index contributed by atoms with van der Waals surface area (Å²) in [6.45, 7) is 1.77. The van der Waals surface area contributed by atoms with E-state index in [0.29, 0.717) is 11.1 Å². The predicted octanol–water partition coefficient (Wildman–Crippen LogP) is 3.75. The summed E-state index contributed by atoms with van der Waals surface area (Å²) in [6, 6.07) is 15.3. The fourth-order valence-electron chi connectivity index (χ4n) is 2.99. The molecule has 4 aromatic rings. The van der Waals surface area contributed by atoms with Crippen molar-refractivity contribution in [1.82, 2.24) is 4.98 Å². The highest BCUT2D eigenvalue weighted by molar-refractivity contribution is 7.92. The average molecular weight is 435 g/mol. The van der Waals surface area contributed by atoms with Gasteiger partial charge in [-0.3, -0.25) is 9.71 Å². The maximum absolute atomic E-state index is 12.5. The van der Waals surface area contributed by atoms with E-state index < -0.39 is 15.6 Å². The van der Waals surface area contributed by atoms with Crippen LogP contribution in [0.3, 0.4) is 0 Å². The van der Waals surface area contributed by atoms with E-state index in [9.17, 15) is 18.3 Å². The SMILES string of the molecule is Cc1cc(=O)oc2c(C=Nc3ccc(S(=O)(=O)Nc4ccccn4)cc3)c(O)ccc12. The number of hydrogen-bond donors (Lipinski definition) is 2. The van der Waals surface area contributed by atoms with Gasteiger partial charge in [0.1, 0.15) is 11.6 Å². The van der Waals surface area contributed by atoms with Crippen LogP contribution in [0.4, 0.5) is 11.5 Å². The van der Waals surface area contributed by atoms with E-state index in [-0.39, 0.29) is 27.6 Å². The smallest absolute Gasteiger partial charge is 0.336 e. The summed E-state index contributed by atoms with van der Waals surface area (Å²) in [7, 11) is -3.80. The Morgan fingerprint density at radius 3 is 2.58 bits per heavy atom. The Hall–Kier alpha value is -3.98. The van der Waals surface area contributed by atoms with Crippen LogP contribution < -0.4 is 10.3 Å². The number of hydrogen-bond acceptors (Lipinski definition) is 7. The minimum absolute atomic E-state index is 0.0479. The van der Waals surface area contributed by atoms with Crippen LogP contribution >= 0.6 is 0 Å². The quantitative estimate of drug-likeness (QED) is 0.364. The van der Waals surface area contributed by atoms with Gasteiger partial charge < -0.3 is 9.52 Å². The van der Waals surface area contributed by atoms with Crippen molar-refractivity contribution in [3.8, 4) is 5.75 Å². The maximum Gasteiger partial charge on any atom is 0.336 e. The Balaban J connectivity index is 1.63. The third-order valence-electron chi connectivity index (χ3n) is 4.53. The van der Waals surface area contributed by atoms with Crippen molar-refractivity contribution in [2.75, 3.05) is 4.72 Å². The number of aromatic nitrogens is 1. The molecule has 2 aromatic heterocycles. The minimum Gasteiger partial charge on any atom is -0.507 e. The van der Waals surface area contributed by atoms with Gasteiger partial charge in [-0.05, 0) is 61.0 Å². The Kier molecular flexibility index (Phi) is 5.26. The second kappa shape index (κ2) is 8.04. The number of aliphatic imine (C=N–C) groups is 1. The molecule has 2 aromatic carbocycles. The molecular weight excluding hydrogens is 418 g/mol. The number of rotatable bonds is 5. The van der Waals surface area contributed by atoms with Gasteiger partial charge in [0.2, 0.25) is 0 Å². The molecule has 0 unspecified atom stereocenters. The van der Waals surface area contributed by atoms with E-state index in [4.69, 9.17) is 4.42 Å². The van der Waals surface area contributed by atoms with Crippen molar-refractivity contribution in [3.63, 3.8) is 0 Å². The molecule has 0 radical (unpaired) electrons. The van der Waals surface area contributed by atoms with Gasteiger partial charge in [-0.15, -0.1) is 0 Å². The van der Waals surface area contributed by atoms with Crippen LogP contribution in [0.2, 0.25) is 0 Å². The van der Waals surface area contributed by atoms with Gasteiger partial charge in [-0.25, -0.2) is 18.2 Å². The molecule has 31 heavy (non-hydrogen) atoms. The second-order valence-electron chi connectivity index (χ2n) is 6.70. The molecule has 0 atom stereocenters. The predicted molar refractivity (Wildman–Crippen MR) is 118 cm³/mol. The van der Waals surface area contributed by atoms with E-state index in [1.54, 1.807) is 31.2 Å². The summed E-state index contributed by atoms with van der Waals surface area (Å²) >= 11 is 0. The first-order valence-electron chi connectivity index (χ1n) is 9.18. The van der Waals surface area contributed by atoms with Crippen LogP contribution in [0.5, 0.6) is 5.75 Å². The standard InChI is InChI=1S/C22H17N3O5S/c1-14-12-21(27)30-22-17(14)9-10-19(26)18(22)13-24-15-5-7-16(8-6-15)31(28,29)25-20-4-2-3-11-23-20/h2-13,26H,1H3,(H,23,25). The molecule has 0 amide bonds. The highest BCUT2D eigenvalue weighted by Crippen LogP contribution is 2.27. The molecule has 0 saturated heterocycles. The summed E-state index contributed by atoms with van der Waals surface area (Å²) in [6.07, 6.45) is 2.86. The number of fused-ring (bicyclic) bond motifs is 1. The van der Waals surface area contributed by atoms with Crippen molar-refractivity contribution in [3.05, 3.63) is 88.4 Å². The molecule has 2 N–H and O–H groups in total. The molecule has 2 heterocycles. The van der Waals surface area contributed by atoms with Crippen molar-refractivity contribution in [1.29, 1.82) is 0 Å². The molecule has 0 spiro atoms. The number of benzene rings is 2. The van der Waals surface area contributed by atoms with Gasteiger partial charge >= 0.3 is 5.63 Å². The molecule has 0 saturated carbocycles. The van der Waals surface area contributed by atoms with E-state index in [1.807, 2.05) is 0 Å². The van der Waals surface area contributed by atoms with E-state index in [2.05, 4.69) is 14.7 Å². The number of sulfonamides is 1. The van der Waals surface area contributed by atoms with Crippen molar-refractivity contribution in [2.45, 2.75) is 11.8 Å². The van der Waals surface area contributed by atoms with Crippen LogP contribution in [0.1, 0.15) is 11.1 Å². The first-order valence-corrected chi connectivity index (χ1v) is 10.7. The van der Waals surface area contributed by atoms with Crippen molar-refractivity contribution < 1.29 is 17.9 Å². The molecule has 156 valence electrons. The normalized spacial score (nSPS) is 11.8. The third kappa shape index (κ3) is 4.31. The van der Waals surface area contributed by atoms with E-state index in [0.717, 1.165) is 5.56 Å². The first kappa shape index (κ1) is 20.3. The van der Waals surface area contributed by atoms with Crippen molar-refractivity contribution in [2.24, 2.45) is 4.99 Å². The zero-order valence-corrected chi connectivity index (χ0v) is 17.1. The van der Waals surface area contributed by atoms with Gasteiger partial charge in [-0.2, -0.15) is 0 Å². The molecule has 0 aliphatic rings. The van der Waals surface area contributed by atoms with Crippen LogP contribution in [0.25, 0.3) is 11.0 Å². The fraction of sp³-hybridized carbons (Fsp3) is 0.0455. The number of pyridine rings is 1. The number of nitrogens with one attached hydrogen (secondary N) is 1. The van der Waals surface area contributed by atoms with Crippen LogP contribution in [0.15, 0.2) is 86.0 Å². The summed E-state index contributed by atoms with van der Waals surface area (Å²) in [4.78, 5) is 20.0. The van der Waals surface area contributed by atoms with Crippen LogP contribution in [-0.4, -0.2) is 24.7 Å². The zero-order valence-electron chi connectivity index (χ0n) is 16.3. The molecule has 8 nitrogen and oxygen atoms in total. The first-order chi connectivity index (χ1) is 14.8. The summed E-state index contributed by atoms with van der Waals surface area (Å²) in [5.41, 5.74) is 1.12. The lowest BCUT2D eigenvalue weighted by Gasteiger charge is -2.07. The molecule has 0 fully saturated rings. The molecule has 9 heteroatoms. The number of phenolic OH excluding ortho intramolecular Hbond substituents is 1. The van der Waals surface area contributed by atoms with Gasteiger partial charge in [0.05, 0.1) is 16.1 Å². The van der Waals surface area contributed by atoms with Crippen LogP contribution in [-0.2, 0) is 10.0 Å². The lowest BCUT2D eigenvalue weighted by Crippen LogP contribution is -2.13. The lowest BCUT2D eigenvalue weighted by molar-refractivity contribution is 0.472. The van der Waals surface area contributed by atoms with Gasteiger partial charge in [0, 0.05) is 23.9 Å². The number of phenols is 1. The monoisotopic (exact) mass is 435 g/mol. The van der Waals surface area contributed by atoms with Gasteiger partial charge in [-0.1, -0.05) is 6.07 Å². The second-order valence-corrected chi connectivity index (χ2v) is 8.38. The summed E-state index contributed by atoms with van der Waals surface area (Å²) in [5.74, 6) is 0.122. The van der Waals surface area contributed by atoms with E-state index >= 15 is 0 Å². The Labute approximate surface area is 177 Å². The Morgan fingerprint density at radius 1 is 1.10 bits per heavy atom. The fourth-order valence-corrected chi connectivity index (χ4v) is 4.00. The molecular formula is C22H17N3O5S. The lowest BCUT2D eigenvalue weighted by atomic mass is 10.1. The van der Waals surface area contributed by atoms with Gasteiger partial charge in [0.15, 0.2) is 5.58 Å². The molecule has 0 bridgehead atoms. The molecule has 0 aliphatic heterocycles. The summed E-state index contributed by atoms with van der Waals surface area (Å²) in [5, 5.41) is 10.9. The number of anilines is 1. The largest absolute Gasteiger partial charge is 0.507 e. The number of aromatic hydroxyl groups is 1. The minimum atomic E-state index is -3.80. The number of nitrogens with zero attached hydrogens (tertiary/aromatic N) is 2. The van der Waals surface area contributed by atoms with Crippen molar-refractivity contribution >= 4 is 38.7 Å². The molecule has 4 rings (SSSR count). The van der Waals surface area contributed by atoms with E-state index in [1.165, 1.54) is 48.8 Å².